The van der Waals surface area contributed by atoms with E-state index in [1.165, 1.54) is 6.92 Å². The van der Waals surface area contributed by atoms with Crippen LogP contribution < -0.4 is 0 Å². The van der Waals surface area contributed by atoms with Crippen LogP contribution >= 0.6 is 0 Å². The number of alkyl halides is 3. The van der Waals surface area contributed by atoms with Gasteiger partial charge < -0.3 is 10.2 Å². The quantitative estimate of drug-likeness (QED) is 0.697. The van der Waals surface area contributed by atoms with Gasteiger partial charge in [-0.25, -0.2) is 0 Å². The summed E-state index contributed by atoms with van der Waals surface area (Å²) in [5.74, 6) is 0. The zero-order valence-electron chi connectivity index (χ0n) is 6.80. The zero-order valence-corrected chi connectivity index (χ0v) is 6.80. The van der Waals surface area contributed by atoms with E-state index in [0.29, 0.717) is 0 Å². The minimum atomic E-state index is -4.17. The summed E-state index contributed by atoms with van der Waals surface area (Å²) in [6.45, 7) is 1.35. The Morgan fingerprint density at radius 3 is 2.08 bits per heavy atom. The molecule has 0 fully saturated rings. The highest BCUT2D eigenvalue weighted by atomic mass is 19.4. The van der Waals surface area contributed by atoms with Crippen molar-refractivity contribution in [1.82, 2.24) is 0 Å². The maximum absolute atomic E-state index is 11.6. The van der Waals surface area contributed by atoms with Gasteiger partial charge in [-0.2, -0.15) is 13.2 Å². The fraction of sp³-hybridized carbons (Fsp3) is 1.00. The molecular weight excluding hydrogens is 173 g/mol. The van der Waals surface area contributed by atoms with Gasteiger partial charge in [-0.15, -0.1) is 0 Å². The molecule has 2 N–H and O–H groups in total. The number of aliphatic hydroxyl groups is 2. The van der Waals surface area contributed by atoms with Crippen LogP contribution in [0.25, 0.3) is 0 Å². The first-order valence-electron chi connectivity index (χ1n) is 3.76. The van der Waals surface area contributed by atoms with Crippen molar-refractivity contribution in [1.29, 1.82) is 0 Å². The van der Waals surface area contributed by atoms with Crippen LogP contribution in [0.3, 0.4) is 0 Å². The molecule has 0 aliphatic heterocycles. The third-order valence-electron chi connectivity index (χ3n) is 1.52. The summed E-state index contributed by atoms with van der Waals surface area (Å²) < 4.78 is 34.7. The fourth-order valence-electron chi connectivity index (χ4n) is 0.753. The van der Waals surface area contributed by atoms with E-state index in [4.69, 9.17) is 10.2 Å². The first-order valence-corrected chi connectivity index (χ1v) is 3.76. The molecule has 0 aromatic carbocycles. The third kappa shape index (κ3) is 6.42. The molecule has 0 amide bonds. The fourth-order valence-corrected chi connectivity index (χ4v) is 0.753. The molecule has 0 saturated heterocycles. The van der Waals surface area contributed by atoms with Crippen LogP contribution in [0.5, 0.6) is 0 Å². The summed E-state index contributed by atoms with van der Waals surface area (Å²) in [4.78, 5) is 0. The van der Waals surface area contributed by atoms with Crippen molar-refractivity contribution < 1.29 is 23.4 Å². The minimum Gasteiger partial charge on any atom is -0.391 e. The van der Waals surface area contributed by atoms with Crippen LogP contribution in [-0.4, -0.2) is 28.6 Å². The molecule has 12 heavy (non-hydrogen) atoms. The molecular formula is C7H13F3O2. The molecule has 2 unspecified atom stereocenters. The van der Waals surface area contributed by atoms with Crippen LogP contribution in [-0.2, 0) is 0 Å². The Kier molecular flexibility index (Phi) is 4.55. The number of hydrogen-bond donors (Lipinski definition) is 2. The highest BCUT2D eigenvalue weighted by Gasteiger charge is 2.26. The Balaban J connectivity index is 3.44. The van der Waals surface area contributed by atoms with Gasteiger partial charge in [0, 0.05) is 6.42 Å². The minimum absolute atomic E-state index is 0.0167. The van der Waals surface area contributed by atoms with Crippen LogP contribution in [0.1, 0.15) is 26.2 Å². The lowest BCUT2D eigenvalue weighted by Gasteiger charge is -2.13. The summed E-state index contributed by atoms with van der Waals surface area (Å²) >= 11 is 0. The zero-order chi connectivity index (χ0) is 9.78. The van der Waals surface area contributed by atoms with Gasteiger partial charge in [-0.3, -0.25) is 0 Å². The van der Waals surface area contributed by atoms with Gasteiger partial charge in [0.05, 0.1) is 12.2 Å². The first-order chi connectivity index (χ1) is 5.33. The maximum Gasteiger partial charge on any atom is 0.389 e. The topological polar surface area (TPSA) is 40.5 Å². The van der Waals surface area contributed by atoms with Crippen molar-refractivity contribution in [3.8, 4) is 0 Å². The van der Waals surface area contributed by atoms with E-state index in [1.54, 1.807) is 0 Å². The number of aliphatic hydroxyl groups excluding tert-OH is 2. The molecule has 2 nitrogen and oxygen atoms in total. The Labute approximate surface area is 69.0 Å². The summed E-state index contributed by atoms with van der Waals surface area (Å²) in [5, 5.41) is 17.6. The van der Waals surface area contributed by atoms with Gasteiger partial charge in [-0.05, 0) is 19.8 Å². The second-order valence-electron chi connectivity index (χ2n) is 2.82. The molecule has 0 bridgehead atoms. The van der Waals surface area contributed by atoms with Gasteiger partial charge >= 0.3 is 6.18 Å². The van der Waals surface area contributed by atoms with Crippen LogP contribution in [0.2, 0.25) is 0 Å². The summed E-state index contributed by atoms with van der Waals surface area (Å²) in [6.07, 6.45) is -7.24. The standard InChI is InChI=1S/C7H13F3O2/c1-5(11)6(12)3-2-4-7(8,9)10/h5-6,11-12H,2-4H2,1H3. The second-order valence-corrected chi connectivity index (χ2v) is 2.82. The normalized spacial score (nSPS) is 17.5. The lowest BCUT2D eigenvalue weighted by molar-refractivity contribution is -0.137. The predicted octanol–water partition coefficient (Wildman–Crippen LogP) is 1.46. The molecule has 0 aromatic heterocycles. The molecule has 0 radical (unpaired) electrons. The number of rotatable bonds is 4. The van der Waals surface area contributed by atoms with Crippen LogP contribution in [0, 0.1) is 0 Å². The average Bonchev–Trinajstić information content (AvgIpc) is 1.84. The van der Waals surface area contributed by atoms with Gasteiger partial charge in [0.1, 0.15) is 0 Å². The van der Waals surface area contributed by atoms with Gasteiger partial charge in [0.15, 0.2) is 0 Å². The first kappa shape index (κ1) is 11.7. The second kappa shape index (κ2) is 4.67. The van der Waals surface area contributed by atoms with E-state index in [2.05, 4.69) is 0 Å². The summed E-state index contributed by atoms with van der Waals surface area (Å²) in [5.41, 5.74) is 0. The van der Waals surface area contributed by atoms with Crippen molar-refractivity contribution >= 4 is 0 Å². The Morgan fingerprint density at radius 1 is 1.25 bits per heavy atom. The van der Waals surface area contributed by atoms with Gasteiger partial charge in [0.25, 0.3) is 0 Å². The van der Waals surface area contributed by atoms with E-state index in [-0.39, 0.29) is 12.8 Å². The smallest absolute Gasteiger partial charge is 0.389 e. The summed E-state index contributed by atoms with van der Waals surface area (Å²) in [6, 6.07) is 0. The highest BCUT2D eigenvalue weighted by Crippen LogP contribution is 2.22. The number of hydrogen-bond acceptors (Lipinski definition) is 2. The third-order valence-corrected chi connectivity index (χ3v) is 1.52. The molecule has 0 rings (SSSR count). The van der Waals surface area contributed by atoms with Crippen molar-refractivity contribution in [3.05, 3.63) is 0 Å². The Hall–Kier alpha value is -0.290. The molecule has 2 atom stereocenters. The number of halogens is 3. The van der Waals surface area contributed by atoms with Crippen LogP contribution in [0.15, 0.2) is 0 Å². The molecule has 0 spiro atoms. The van der Waals surface area contributed by atoms with E-state index in [1.807, 2.05) is 0 Å². The largest absolute Gasteiger partial charge is 0.391 e. The highest BCUT2D eigenvalue weighted by molar-refractivity contribution is 4.63. The van der Waals surface area contributed by atoms with Gasteiger partial charge in [0.2, 0.25) is 0 Å². The lowest BCUT2D eigenvalue weighted by atomic mass is 10.1. The molecule has 0 heterocycles. The monoisotopic (exact) mass is 186 g/mol. The van der Waals surface area contributed by atoms with Crippen molar-refractivity contribution in [2.45, 2.75) is 44.6 Å². The van der Waals surface area contributed by atoms with E-state index < -0.39 is 24.8 Å². The van der Waals surface area contributed by atoms with E-state index >= 15 is 0 Å². The molecule has 0 aromatic rings. The molecule has 0 aliphatic rings. The Morgan fingerprint density at radius 2 is 1.75 bits per heavy atom. The average molecular weight is 186 g/mol. The molecule has 0 saturated carbocycles. The molecule has 5 heteroatoms. The Bertz CT molecular complexity index is 122. The van der Waals surface area contributed by atoms with Crippen molar-refractivity contribution in [3.63, 3.8) is 0 Å². The van der Waals surface area contributed by atoms with E-state index in [9.17, 15) is 13.2 Å². The van der Waals surface area contributed by atoms with Gasteiger partial charge in [-0.1, -0.05) is 0 Å². The molecule has 0 aliphatic carbocycles. The summed E-state index contributed by atoms with van der Waals surface area (Å²) in [7, 11) is 0. The maximum atomic E-state index is 11.6. The van der Waals surface area contributed by atoms with Crippen molar-refractivity contribution in [2.24, 2.45) is 0 Å². The SMILES string of the molecule is CC(O)C(O)CCCC(F)(F)F. The van der Waals surface area contributed by atoms with E-state index in [0.717, 1.165) is 0 Å². The lowest BCUT2D eigenvalue weighted by Crippen LogP contribution is -2.22. The van der Waals surface area contributed by atoms with Crippen molar-refractivity contribution in [2.75, 3.05) is 0 Å². The van der Waals surface area contributed by atoms with Crippen LogP contribution in [0.4, 0.5) is 13.2 Å². The predicted molar refractivity (Wildman–Crippen MR) is 37.6 cm³/mol. The molecule has 74 valence electrons.